The van der Waals surface area contributed by atoms with Gasteiger partial charge in [-0.25, -0.2) is 0 Å². The third-order valence-electron chi connectivity index (χ3n) is 12.8. The molecule has 1 nitrogen and oxygen atoms in total. The second kappa shape index (κ2) is 6.50. The predicted octanol–water partition coefficient (Wildman–Crippen LogP) is 8.23. The van der Waals surface area contributed by atoms with Gasteiger partial charge in [-0.2, -0.15) is 0 Å². The highest BCUT2D eigenvalue weighted by Crippen LogP contribution is 2.76. The molecule has 0 aromatic carbocycles. The number of allylic oxidation sites excluding steroid dienone is 2. The van der Waals surface area contributed by atoms with Crippen LogP contribution in [0.15, 0.2) is 11.6 Å². The van der Waals surface area contributed by atoms with Gasteiger partial charge in [-0.1, -0.05) is 67.0 Å². The molecule has 0 aliphatic heterocycles. The van der Waals surface area contributed by atoms with Crippen molar-refractivity contribution in [2.45, 2.75) is 113 Å². The maximum atomic E-state index is 12.9. The SMILES string of the molecule is CC(C)C1CCC2(C)CCC3(C)C4CCC5C(C)(C)C(=O)CCC5(C)C4=CCC3(C)C12. The van der Waals surface area contributed by atoms with Crippen LogP contribution < -0.4 is 0 Å². The van der Waals surface area contributed by atoms with Crippen LogP contribution in [0.25, 0.3) is 0 Å². The molecule has 31 heavy (non-hydrogen) atoms. The van der Waals surface area contributed by atoms with Crippen LogP contribution in [0.4, 0.5) is 0 Å². The Labute approximate surface area is 192 Å². The molecule has 8 unspecified atom stereocenters. The molecule has 5 aliphatic rings. The number of hydrogen-bond donors (Lipinski definition) is 0. The molecule has 0 amide bonds. The van der Waals surface area contributed by atoms with Gasteiger partial charge in [0, 0.05) is 11.8 Å². The van der Waals surface area contributed by atoms with Crippen molar-refractivity contribution in [1.29, 1.82) is 0 Å². The lowest BCUT2D eigenvalue weighted by Crippen LogP contribution is -2.62. The molecule has 1 heteroatoms. The van der Waals surface area contributed by atoms with Crippen LogP contribution in [0.1, 0.15) is 113 Å². The van der Waals surface area contributed by atoms with Crippen LogP contribution in [0.5, 0.6) is 0 Å². The van der Waals surface area contributed by atoms with Crippen LogP contribution in [-0.4, -0.2) is 5.78 Å². The van der Waals surface area contributed by atoms with Crippen molar-refractivity contribution in [2.75, 3.05) is 0 Å². The highest BCUT2D eigenvalue weighted by Gasteiger charge is 2.68. The molecule has 5 aliphatic carbocycles. The van der Waals surface area contributed by atoms with Gasteiger partial charge in [0.1, 0.15) is 5.78 Å². The van der Waals surface area contributed by atoms with E-state index >= 15 is 0 Å². The largest absolute Gasteiger partial charge is 0.299 e. The Bertz CT molecular complexity index is 818. The van der Waals surface area contributed by atoms with E-state index in [4.69, 9.17) is 0 Å². The van der Waals surface area contributed by atoms with Gasteiger partial charge < -0.3 is 0 Å². The summed E-state index contributed by atoms with van der Waals surface area (Å²) in [6.45, 7) is 20.1. The van der Waals surface area contributed by atoms with E-state index in [1.807, 2.05) is 0 Å². The van der Waals surface area contributed by atoms with Gasteiger partial charge in [0.2, 0.25) is 0 Å². The Hall–Kier alpha value is -0.590. The van der Waals surface area contributed by atoms with Gasteiger partial charge in [-0.3, -0.25) is 4.79 Å². The first kappa shape index (κ1) is 22.2. The summed E-state index contributed by atoms with van der Waals surface area (Å²) in [6, 6.07) is 0. The zero-order valence-corrected chi connectivity index (χ0v) is 21.7. The van der Waals surface area contributed by atoms with Gasteiger partial charge in [0.15, 0.2) is 0 Å². The summed E-state index contributed by atoms with van der Waals surface area (Å²) in [4.78, 5) is 12.9. The Kier molecular flexibility index (Phi) is 4.66. The fraction of sp³-hybridized carbons (Fsp3) is 0.900. The molecule has 0 aromatic heterocycles. The topological polar surface area (TPSA) is 17.1 Å². The summed E-state index contributed by atoms with van der Waals surface area (Å²) in [5.41, 5.74) is 3.25. The number of ketones is 1. The standard InChI is InChI=1S/C30H48O/c1-19(2)20-11-14-27(5)17-18-29(7)22-9-10-23-26(3,4)24(31)13-15-28(23,6)21(22)12-16-30(29,8)25(20)27/h12,19-20,22-23,25H,9-11,13-18H2,1-8H3. The van der Waals surface area contributed by atoms with Gasteiger partial charge in [0.05, 0.1) is 0 Å². The quantitative estimate of drug-likeness (QED) is 0.387. The van der Waals surface area contributed by atoms with E-state index in [9.17, 15) is 4.79 Å². The molecule has 0 bridgehead atoms. The zero-order chi connectivity index (χ0) is 22.6. The minimum Gasteiger partial charge on any atom is -0.299 e. The highest BCUT2D eigenvalue weighted by molar-refractivity contribution is 5.85. The summed E-state index contributed by atoms with van der Waals surface area (Å²) in [6.07, 6.45) is 14.2. The lowest BCUT2D eigenvalue weighted by Gasteiger charge is -2.69. The highest BCUT2D eigenvalue weighted by atomic mass is 16.1. The van der Waals surface area contributed by atoms with Crippen LogP contribution in [0.2, 0.25) is 0 Å². The Balaban J connectivity index is 1.60. The molecule has 0 aromatic rings. The summed E-state index contributed by atoms with van der Waals surface area (Å²) in [5, 5.41) is 0. The number of carbonyl (C=O) groups excluding carboxylic acids is 1. The molecule has 0 N–H and O–H groups in total. The molecule has 0 radical (unpaired) electrons. The van der Waals surface area contributed by atoms with E-state index in [1.54, 1.807) is 5.57 Å². The van der Waals surface area contributed by atoms with Crippen molar-refractivity contribution in [2.24, 2.45) is 56.7 Å². The number of rotatable bonds is 1. The van der Waals surface area contributed by atoms with Crippen molar-refractivity contribution in [1.82, 2.24) is 0 Å². The first-order chi connectivity index (χ1) is 14.3. The third-order valence-corrected chi connectivity index (χ3v) is 12.8. The van der Waals surface area contributed by atoms with E-state index in [0.717, 1.165) is 36.5 Å². The molecule has 0 heterocycles. The van der Waals surface area contributed by atoms with E-state index in [0.29, 0.717) is 27.9 Å². The van der Waals surface area contributed by atoms with Gasteiger partial charge in [-0.15, -0.1) is 0 Å². The molecule has 5 rings (SSSR count). The van der Waals surface area contributed by atoms with Gasteiger partial charge >= 0.3 is 0 Å². The van der Waals surface area contributed by atoms with Crippen molar-refractivity contribution in [3.63, 3.8) is 0 Å². The molecule has 0 saturated heterocycles. The van der Waals surface area contributed by atoms with E-state index in [1.165, 1.54) is 44.9 Å². The molecule has 174 valence electrons. The Morgan fingerprint density at radius 2 is 1.58 bits per heavy atom. The maximum absolute atomic E-state index is 12.9. The zero-order valence-electron chi connectivity index (χ0n) is 21.7. The van der Waals surface area contributed by atoms with Crippen LogP contribution in [0.3, 0.4) is 0 Å². The van der Waals surface area contributed by atoms with Crippen molar-refractivity contribution >= 4 is 5.78 Å². The number of Topliss-reactive ketones (excluding diaryl/α,β-unsaturated/α-hetero) is 1. The fourth-order valence-corrected chi connectivity index (χ4v) is 10.8. The predicted molar refractivity (Wildman–Crippen MR) is 130 cm³/mol. The smallest absolute Gasteiger partial charge is 0.138 e. The second-order valence-electron chi connectivity index (χ2n) is 14.5. The van der Waals surface area contributed by atoms with Crippen LogP contribution in [-0.2, 0) is 4.79 Å². The van der Waals surface area contributed by atoms with Crippen molar-refractivity contribution in [3.05, 3.63) is 11.6 Å². The third kappa shape index (κ3) is 2.59. The summed E-state index contributed by atoms with van der Waals surface area (Å²) in [5.74, 6) is 4.33. The average molecular weight is 425 g/mol. The molecule has 4 saturated carbocycles. The minimum atomic E-state index is -0.153. The van der Waals surface area contributed by atoms with Crippen LogP contribution in [0, 0.1) is 56.7 Å². The van der Waals surface area contributed by atoms with E-state index in [-0.39, 0.29) is 10.8 Å². The normalized spacial score (nSPS) is 53.3. The van der Waals surface area contributed by atoms with Crippen LogP contribution >= 0.6 is 0 Å². The van der Waals surface area contributed by atoms with E-state index < -0.39 is 0 Å². The number of fused-ring (bicyclic) bond motifs is 7. The summed E-state index contributed by atoms with van der Waals surface area (Å²) < 4.78 is 0. The second-order valence-corrected chi connectivity index (χ2v) is 14.5. The Morgan fingerprint density at radius 1 is 0.871 bits per heavy atom. The number of hydrogen-bond acceptors (Lipinski definition) is 1. The molecular formula is C30H48O. The summed E-state index contributed by atoms with van der Waals surface area (Å²) >= 11 is 0. The number of carbonyl (C=O) groups is 1. The first-order valence-corrected chi connectivity index (χ1v) is 13.6. The summed E-state index contributed by atoms with van der Waals surface area (Å²) in [7, 11) is 0. The molecule has 0 spiro atoms. The monoisotopic (exact) mass is 424 g/mol. The lowest BCUT2D eigenvalue weighted by molar-refractivity contribution is -0.164. The minimum absolute atomic E-state index is 0.153. The maximum Gasteiger partial charge on any atom is 0.138 e. The average Bonchev–Trinajstić information content (AvgIpc) is 3.06. The Morgan fingerprint density at radius 3 is 2.26 bits per heavy atom. The molecular weight excluding hydrogens is 376 g/mol. The van der Waals surface area contributed by atoms with Crippen molar-refractivity contribution < 1.29 is 4.79 Å². The van der Waals surface area contributed by atoms with Gasteiger partial charge in [0.25, 0.3) is 0 Å². The first-order valence-electron chi connectivity index (χ1n) is 13.6. The fourth-order valence-electron chi connectivity index (χ4n) is 10.8. The van der Waals surface area contributed by atoms with Gasteiger partial charge in [-0.05, 0) is 103 Å². The van der Waals surface area contributed by atoms with Crippen molar-refractivity contribution in [3.8, 4) is 0 Å². The molecule has 4 fully saturated rings. The lowest BCUT2D eigenvalue weighted by atomic mass is 9.35. The molecule has 8 atom stereocenters. The van der Waals surface area contributed by atoms with E-state index in [2.05, 4.69) is 61.5 Å².